The van der Waals surface area contributed by atoms with Gasteiger partial charge in [-0.1, -0.05) is 6.92 Å². The molecule has 0 aliphatic rings. The van der Waals surface area contributed by atoms with Gasteiger partial charge in [-0.25, -0.2) is 4.79 Å². The molecule has 1 rings (SSSR count). The second kappa shape index (κ2) is 6.78. The van der Waals surface area contributed by atoms with E-state index in [4.69, 9.17) is 14.2 Å². The zero-order valence-corrected chi connectivity index (χ0v) is 10.5. The molecule has 0 spiro atoms. The third-order valence-corrected chi connectivity index (χ3v) is 2.14. The van der Waals surface area contributed by atoms with E-state index >= 15 is 0 Å². The summed E-state index contributed by atoms with van der Waals surface area (Å²) in [5.74, 6) is 0.829. The number of ether oxygens (including phenoxy) is 3. The van der Waals surface area contributed by atoms with Crippen LogP contribution >= 0.6 is 0 Å². The predicted octanol–water partition coefficient (Wildman–Crippen LogP) is 2.66. The van der Waals surface area contributed by atoms with Gasteiger partial charge in [-0.3, -0.25) is 0 Å². The van der Waals surface area contributed by atoms with E-state index in [0.717, 1.165) is 6.42 Å². The third-order valence-electron chi connectivity index (χ3n) is 2.14. The van der Waals surface area contributed by atoms with Crippen molar-refractivity contribution in [2.75, 3.05) is 20.3 Å². The minimum absolute atomic E-state index is 0.338. The maximum absolute atomic E-state index is 11.6. The summed E-state index contributed by atoms with van der Waals surface area (Å²) in [4.78, 5) is 11.6. The second-order valence-electron chi connectivity index (χ2n) is 3.43. The number of rotatable bonds is 6. The molecule has 0 aromatic heterocycles. The van der Waals surface area contributed by atoms with Crippen LogP contribution in [0, 0.1) is 0 Å². The summed E-state index contributed by atoms with van der Waals surface area (Å²) in [5.41, 5.74) is 0.475. The van der Waals surface area contributed by atoms with E-state index in [9.17, 15) is 4.79 Å². The van der Waals surface area contributed by atoms with Crippen LogP contribution in [0.3, 0.4) is 0 Å². The highest BCUT2D eigenvalue weighted by atomic mass is 16.5. The number of benzene rings is 1. The Bertz CT molecular complexity index is 374. The van der Waals surface area contributed by atoms with Crippen LogP contribution in [0.25, 0.3) is 0 Å². The number of methoxy groups -OCH3 is 1. The Hall–Kier alpha value is -1.71. The summed E-state index contributed by atoms with van der Waals surface area (Å²) < 4.78 is 15.6. The van der Waals surface area contributed by atoms with Crippen molar-refractivity contribution in [2.24, 2.45) is 0 Å². The number of hydrogen-bond acceptors (Lipinski definition) is 4. The Balaban J connectivity index is 2.87. The van der Waals surface area contributed by atoms with Crippen molar-refractivity contribution in [1.29, 1.82) is 0 Å². The largest absolute Gasteiger partial charge is 0.493 e. The molecule has 0 unspecified atom stereocenters. The Morgan fingerprint density at radius 3 is 2.59 bits per heavy atom. The maximum Gasteiger partial charge on any atom is 0.338 e. The van der Waals surface area contributed by atoms with Crippen molar-refractivity contribution in [2.45, 2.75) is 20.3 Å². The quantitative estimate of drug-likeness (QED) is 0.715. The van der Waals surface area contributed by atoms with E-state index in [-0.39, 0.29) is 5.97 Å². The topological polar surface area (TPSA) is 44.8 Å². The molecule has 1 aromatic rings. The Morgan fingerprint density at radius 1 is 1.24 bits per heavy atom. The van der Waals surface area contributed by atoms with Gasteiger partial charge >= 0.3 is 5.97 Å². The summed E-state index contributed by atoms with van der Waals surface area (Å²) in [5, 5.41) is 0. The highest BCUT2D eigenvalue weighted by Crippen LogP contribution is 2.28. The Morgan fingerprint density at radius 2 is 2.00 bits per heavy atom. The van der Waals surface area contributed by atoms with Crippen molar-refractivity contribution in [1.82, 2.24) is 0 Å². The summed E-state index contributed by atoms with van der Waals surface area (Å²) in [6, 6.07) is 5.01. The third kappa shape index (κ3) is 3.66. The van der Waals surface area contributed by atoms with Gasteiger partial charge in [-0.2, -0.15) is 0 Å². The van der Waals surface area contributed by atoms with Crippen LogP contribution in [0.1, 0.15) is 30.6 Å². The van der Waals surface area contributed by atoms with Crippen LogP contribution in [-0.4, -0.2) is 26.3 Å². The molecular weight excluding hydrogens is 220 g/mol. The average Bonchev–Trinajstić information content (AvgIpc) is 2.36. The molecule has 0 saturated heterocycles. The molecule has 17 heavy (non-hydrogen) atoms. The Kier molecular flexibility index (Phi) is 5.33. The lowest BCUT2D eigenvalue weighted by Gasteiger charge is -2.10. The molecule has 94 valence electrons. The molecule has 0 bridgehead atoms. The number of hydrogen-bond donors (Lipinski definition) is 0. The Labute approximate surface area is 101 Å². The molecule has 0 radical (unpaired) electrons. The summed E-state index contributed by atoms with van der Waals surface area (Å²) in [6.07, 6.45) is 0.806. The van der Waals surface area contributed by atoms with E-state index in [1.807, 2.05) is 13.8 Å². The molecule has 4 heteroatoms. The van der Waals surface area contributed by atoms with Gasteiger partial charge in [-0.15, -0.1) is 0 Å². The van der Waals surface area contributed by atoms with Crippen LogP contribution in [0.2, 0.25) is 0 Å². The predicted molar refractivity (Wildman–Crippen MR) is 64.7 cm³/mol. The molecule has 1 aromatic carbocycles. The molecule has 0 aliphatic carbocycles. The second-order valence-corrected chi connectivity index (χ2v) is 3.43. The van der Waals surface area contributed by atoms with Gasteiger partial charge in [0.25, 0.3) is 0 Å². The first-order chi connectivity index (χ1) is 8.22. The van der Waals surface area contributed by atoms with Crippen LogP contribution in [-0.2, 0) is 4.74 Å². The molecule has 0 aliphatic heterocycles. The SMILES string of the molecule is CCCOC(=O)c1ccc(OC)c(OCC)c1. The fourth-order valence-electron chi connectivity index (χ4n) is 1.35. The lowest BCUT2D eigenvalue weighted by molar-refractivity contribution is 0.0504. The highest BCUT2D eigenvalue weighted by Gasteiger charge is 2.11. The molecule has 0 fully saturated rings. The minimum Gasteiger partial charge on any atom is -0.493 e. The van der Waals surface area contributed by atoms with E-state index in [0.29, 0.717) is 30.3 Å². The molecule has 0 amide bonds. The first-order valence-electron chi connectivity index (χ1n) is 5.70. The normalized spacial score (nSPS) is 9.82. The van der Waals surface area contributed by atoms with E-state index in [2.05, 4.69) is 0 Å². The van der Waals surface area contributed by atoms with Gasteiger partial charge < -0.3 is 14.2 Å². The van der Waals surface area contributed by atoms with Gasteiger partial charge in [0.15, 0.2) is 11.5 Å². The van der Waals surface area contributed by atoms with Gasteiger partial charge in [0, 0.05) is 0 Å². The smallest absolute Gasteiger partial charge is 0.338 e. The van der Waals surface area contributed by atoms with Gasteiger partial charge in [0.1, 0.15) is 0 Å². The summed E-state index contributed by atoms with van der Waals surface area (Å²) in [6.45, 7) is 4.77. The zero-order chi connectivity index (χ0) is 12.7. The fraction of sp³-hybridized carbons (Fsp3) is 0.462. The van der Waals surface area contributed by atoms with Crippen molar-refractivity contribution >= 4 is 5.97 Å². The molecule has 0 saturated carbocycles. The molecule has 0 atom stereocenters. The molecule has 0 heterocycles. The van der Waals surface area contributed by atoms with E-state index in [1.165, 1.54) is 0 Å². The average molecular weight is 238 g/mol. The van der Waals surface area contributed by atoms with Crippen molar-refractivity contribution in [3.05, 3.63) is 23.8 Å². The van der Waals surface area contributed by atoms with Gasteiger partial charge in [-0.05, 0) is 31.5 Å². The lowest BCUT2D eigenvalue weighted by Crippen LogP contribution is -2.06. The van der Waals surface area contributed by atoms with Crippen LogP contribution in [0.5, 0.6) is 11.5 Å². The summed E-state index contributed by atoms with van der Waals surface area (Å²) >= 11 is 0. The molecular formula is C13H18O4. The van der Waals surface area contributed by atoms with E-state index < -0.39 is 0 Å². The molecule has 4 nitrogen and oxygen atoms in total. The first kappa shape index (κ1) is 13.4. The van der Waals surface area contributed by atoms with Crippen molar-refractivity contribution in [3.8, 4) is 11.5 Å². The fourth-order valence-corrected chi connectivity index (χ4v) is 1.35. The number of esters is 1. The highest BCUT2D eigenvalue weighted by molar-refractivity contribution is 5.90. The molecule has 0 N–H and O–H groups in total. The maximum atomic E-state index is 11.6. The van der Waals surface area contributed by atoms with Gasteiger partial charge in [0.2, 0.25) is 0 Å². The van der Waals surface area contributed by atoms with Crippen LogP contribution < -0.4 is 9.47 Å². The standard InChI is InChI=1S/C13H18O4/c1-4-8-17-13(14)10-6-7-11(15-3)12(9-10)16-5-2/h6-7,9H,4-5,8H2,1-3H3. The monoisotopic (exact) mass is 238 g/mol. The van der Waals surface area contributed by atoms with Crippen LogP contribution in [0.4, 0.5) is 0 Å². The van der Waals surface area contributed by atoms with Crippen molar-refractivity contribution < 1.29 is 19.0 Å². The first-order valence-corrected chi connectivity index (χ1v) is 5.70. The van der Waals surface area contributed by atoms with E-state index in [1.54, 1.807) is 25.3 Å². The van der Waals surface area contributed by atoms with Gasteiger partial charge in [0.05, 0.1) is 25.9 Å². The number of carbonyl (C=O) groups excluding carboxylic acids is 1. The zero-order valence-electron chi connectivity index (χ0n) is 10.5. The number of carbonyl (C=O) groups is 1. The summed E-state index contributed by atoms with van der Waals surface area (Å²) in [7, 11) is 1.56. The minimum atomic E-state index is -0.338. The lowest BCUT2D eigenvalue weighted by atomic mass is 10.2. The van der Waals surface area contributed by atoms with Crippen LogP contribution in [0.15, 0.2) is 18.2 Å². The van der Waals surface area contributed by atoms with Crippen molar-refractivity contribution in [3.63, 3.8) is 0 Å².